The topological polar surface area (TPSA) is 77.5 Å². The van der Waals surface area contributed by atoms with Crippen molar-refractivity contribution in [3.63, 3.8) is 0 Å². The van der Waals surface area contributed by atoms with Gasteiger partial charge in [-0.1, -0.05) is 17.9 Å². The third kappa shape index (κ3) is 5.48. The average Bonchev–Trinajstić information content (AvgIpc) is 2.59. The number of hydrogen-bond acceptors (Lipinski definition) is 5. The second-order valence-corrected chi connectivity index (χ2v) is 6.99. The number of methoxy groups -OCH3 is 1. The molecule has 0 bridgehead atoms. The molecule has 0 saturated carbocycles. The highest BCUT2D eigenvalue weighted by Gasteiger charge is 2.18. The number of ether oxygens (including phenoxy) is 2. The number of hydrogen-bond donors (Lipinski definition) is 1. The third-order valence-corrected chi connectivity index (χ3v) is 4.70. The van der Waals surface area contributed by atoms with E-state index in [4.69, 9.17) is 9.47 Å². The number of sulfonamides is 1. The van der Waals surface area contributed by atoms with Gasteiger partial charge < -0.3 is 9.47 Å². The first-order valence-electron chi connectivity index (χ1n) is 7.58. The lowest BCUT2D eigenvalue weighted by Gasteiger charge is -2.10. The minimum Gasteiger partial charge on any atom is -0.495 e. The number of aromatic nitrogens is 1. The molecule has 0 fully saturated rings. The quantitative estimate of drug-likeness (QED) is 0.798. The van der Waals surface area contributed by atoms with Crippen LogP contribution in [0.4, 0.5) is 0 Å². The summed E-state index contributed by atoms with van der Waals surface area (Å²) in [5.41, 5.74) is 1.73. The lowest BCUT2D eigenvalue weighted by Crippen LogP contribution is -2.24. The van der Waals surface area contributed by atoms with E-state index in [0.29, 0.717) is 11.5 Å². The zero-order valence-electron chi connectivity index (χ0n) is 14.4. The Hall–Kier alpha value is -2.56. The number of rotatable bonds is 6. The number of pyridine rings is 1. The van der Waals surface area contributed by atoms with Crippen molar-refractivity contribution in [3.8, 4) is 23.3 Å². The summed E-state index contributed by atoms with van der Waals surface area (Å²) in [6.07, 6.45) is 1.61. The Balaban J connectivity index is 1.91. The van der Waals surface area contributed by atoms with E-state index in [1.807, 2.05) is 19.9 Å². The average molecular weight is 360 g/mol. The second-order valence-electron chi connectivity index (χ2n) is 5.26. The van der Waals surface area contributed by atoms with Crippen LogP contribution in [0.2, 0.25) is 0 Å². The summed E-state index contributed by atoms with van der Waals surface area (Å²) in [7, 11) is -2.27. The fourth-order valence-electron chi connectivity index (χ4n) is 1.98. The van der Waals surface area contributed by atoms with Gasteiger partial charge in [0.25, 0.3) is 0 Å². The standard InChI is InChI=1S/C18H20N2O4S/c1-14-6-9-17(23-3)18(12-14)25(21,22)20-10-4-5-11-24-16-8-7-15(2)19-13-16/h6-9,12-13,20H,10-11H2,1-3H3. The minimum absolute atomic E-state index is 0.0189. The van der Waals surface area contributed by atoms with E-state index < -0.39 is 10.0 Å². The van der Waals surface area contributed by atoms with Gasteiger partial charge in [0.1, 0.15) is 23.0 Å². The summed E-state index contributed by atoms with van der Waals surface area (Å²) in [6, 6.07) is 8.61. The molecule has 1 N–H and O–H groups in total. The normalized spacial score (nSPS) is 10.7. The van der Waals surface area contributed by atoms with Crippen LogP contribution in [0.3, 0.4) is 0 Å². The number of benzene rings is 1. The molecule has 0 radical (unpaired) electrons. The summed E-state index contributed by atoms with van der Waals surface area (Å²) in [5.74, 6) is 6.38. The number of nitrogens with one attached hydrogen (secondary N) is 1. The Bertz CT molecular complexity index is 882. The van der Waals surface area contributed by atoms with Crippen LogP contribution in [0, 0.1) is 25.7 Å². The molecule has 7 heteroatoms. The summed E-state index contributed by atoms with van der Waals surface area (Å²) >= 11 is 0. The molecule has 132 valence electrons. The molecule has 0 saturated heterocycles. The van der Waals surface area contributed by atoms with Crippen LogP contribution in [-0.4, -0.2) is 33.7 Å². The van der Waals surface area contributed by atoms with Crippen LogP contribution < -0.4 is 14.2 Å². The van der Waals surface area contributed by atoms with Gasteiger partial charge in [-0.05, 0) is 43.7 Å². The predicted octanol–water partition coefficient (Wildman–Crippen LogP) is 2.07. The van der Waals surface area contributed by atoms with Crippen LogP contribution in [0.15, 0.2) is 41.4 Å². The van der Waals surface area contributed by atoms with Crippen molar-refractivity contribution in [2.75, 3.05) is 20.3 Å². The molecule has 1 heterocycles. The van der Waals surface area contributed by atoms with Crippen molar-refractivity contribution in [1.29, 1.82) is 0 Å². The molecule has 0 amide bonds. The van der Waals surface area contributed by atoms with Gasteiger partial charge in [-0.3, -0.25) is 4.98 Å². The molecular formula is C18H20N2O4S. The van der Waals surface area contributed by atoms with Gasteiger partial charge >= 0.3 is 0 Å². The summed E-state index contributed by atoms with van der Waals surface area (Å²) in [6.45, 7) is 3.84. The molecule has 6 nitrogen and oxygen atoms in total. The van der Waals surface area contributed by atoms with Gasteiger partial charge in [0.15, 0.2) is 0 Å². The van der Waals surface area contributed by atoms with Crippen LogP contribution in [-0.2, 0) is 10.0 Å². The maximum absolute atomic E-state index is 12.4. The van der Waals surface area contributed by atoms with Crippen LogP contribution >= 0.6 is 0 Å². The minimum atomic E-state index is -3.70. The van der Waals surface area contributed by atoms with Crippen LogP contribution in [0.1, 0.15) is 11.3 Å². The molecule has 0 aliphatic heterocycles. The van der Waals surface area contributed by atoms with E-state index in [-0.39, 0.29) is 18.0 Å². The molecule has 0 aliphatic carbocycles. The fraction of sp³-hybridized carbons (Fsp3) is 0.278. The van der Waals surface area contributed by atoms with E-state index in [2.05, 4.69) is 21.5 Å². The van der Waals surface area contributed by atoms with E-state index in [1.54, 1.807) is 30.5 Å². The molecule has 1 aromatic heterocycles. The number of nitrogens with zero attached hydrogens (tertiary/aromatic N) is 1. The highest BCUT2D eigenvalue weighted by molar-refractivity contribution is 7.89. The van der Waals surface area contributed by atoms with Gasteiger partial charge in [0.05, 0.1) is 19.9 Å². The first-order valence-corrected chi connectivity index (χ1v) is 9.06. The smallest absolute Gasteiger partial charge is 0.245 e. The lowest BCUT2D eigenvalue weighted by atomic mass is 10.2. The predicted molar refractivity (Wildman–Crippen MR) is 95.2 cm³/mol. The van der Waals surface area contributed by atoms with E-state index in [1.165, 1.54) is 7.11 Å². The molecule has 0 aliphatic rings. The molecule has 2 aromatic rings. The number of aryl methyl sites for hydroxylation is 2. The zero-order valence-corrected chi connectivity index (χ0v) is 15.2. The summed E-state index contributed by atoms with van der Waals surface area (Å²) in [4.78, 5) is 4.20. The van der Waals surface area contributed by atoms with Gasteiger partial charge in [0, 0.05) is 5.69 Å². The maximum Gasteiger partial charge on any atom is 0.245 e. The van der Waals surface area contributed by atoms with Crippen molar-refractivity contribution in [1.82, 2.24) is 9.71 Å². The van der Waals surface area contributed by atoms with E-state index in [0.717, 1.165) is 11.3 Å². The summed E-state index contributed by atoms with van der Waals surface area (Å²) in [5, 5.41) is 0. The zero-order chi connectivity index (χ0) is 18.3. The van der Waals surface area contributed by atoms with Crippen LogP contribution in [0.25, 0.3) is 0 Å². The van der Waals surface area contributed by atoms with E-state index in [9.17, 15) is 8.42 Å². The van der Waals surface area contributed by atoms with Gasteiger partial charge in [-0.15, -0.1) is 0 Å². The van der Waals surface area contributed by atoms with Crippen molar-refractivity contribution in [2.24, 2.45) is 0 Å². The molecular weight excluding hydrogens is 340 g/mol. The molecule has 0 atom stereocenters. The van der Waals surface area contributed by atoms with Crippen LogP contribution in [0.5, 0.6) is 11.5 Å². The Morgan fingerprint density at radius 2 is 1.96 bits per heavy atom. The Morgan fingerprint density at radius 1 is 1.16 bits per heavy atom. The molecule has 0 spiro atoms. The first-order chi connectivity index (χ1) is 11.9. The van der Waals surface area contributed by atoms with Crippen molar-refractivity contribution in [2.45, 2.75) is 18.7 Å². The first kappa shape index (κ1) is 18.8. The third-order valence-electron chi connectivity index (χ3n) is 3.28. The second kappa shape index (κ2) is 8.51. The van der Waals surface area contributed by atoms with Crippen molar-refractivity contribution < 1.29 is 17.9 Å². The van der Waals surface area contributed by atoms with Gasteiger partial charge in [-0.2, -0.15) is 4.72 Å². The van der Waals surface area contributed by atoms with E-state index >= 15 is 0 Å². The van der Waals surface area contributed by atoms with Crippen molar-refractivity contribution in [3.05, 3.63) is 47.8 Å². The van der Waals surface area contributed by atoms with Gasteiger partial charge in [0.2, 0.25) is 10.0 Å². The molecule has 1 aromatic carbocycles. The monoisotopic (exact) mass is 360 g/mol. The lowest BCUT2D eigenvalue weighted by molar-refractivity contribution is 0.368. The molecule has 0 unspecified atom stereocenters. The highest BCUT2D eigenvalue weighted by Crippen LogP contribution is 2.24. The molecule has 2 rings (SSSR count). The highest BCUT2D eigenvalue weighted by atomic mass is 32.2. The summed E-state index contributed by atoms with van der Waals surface area (Å²) < 4.78 is 37.6. The largest absolute Gasteiger partial charge is 0.495 e. The fourth-order valence-corrected chi connectivity index (χ4v) is 3.15. The Kier molecular flexibility index (Phi) is 6.39. The Morgan fingerprint density at radius 3 is 2.64 bits per heavy atom. The van der Waals surface area contributed by atoms with Crippen molar-refractivity contribution >= 4 is 10.0 Å². The molecule has 25 heavy (non-hydrogen) atoms. The Labute approximate surface area is 148 Å². The maximum atomic E-state index is 12.4. The SMILES string of the molecule is COc1ccc(C)cc1S(=O)(=O)NCC#CCOc1ccc(C)nc1. The van der Waals surface area contributed by atoms with Gasteiger partial charge in [-0.25, -0.2) is 8.42 Å².